The van der Waals surface area contributed by atoms with E-state index >= 15 is 0 Å². The van der Waals surface area contributed by atoms with E-state index in [1.54, 1.807) is 12.1 Å². The lowest BCUT2D eigenvalue weighted by molar-refractivity contribution is -0.119. The van der Waals surface area contributed by atoms with Gasteiger partial charge in [0.1, 0.15) is 17.9 Å². The van der Waals surface area contributed by atoms with Crippen LogP contribution in [0.25, 0.3) is 21.4 Å². The number of halogens is 1. The molecule has 4 aromatic rings. The SMILES string of the molecule is Cn1c(=O)c2c(ncn2CC(=O)N(CCN2CCOCC2)c2nc3c(F)cccc3s2)n(C)c1=O. The zero-order valence-electron chi connectivity index (χ0n) is 19.3. The third kappa shape index (κ3) is 4.26. The van der Waals surface area contributed by atoms with Crippen LogP contribution in [0.15, 0.2) is 34.1 Å². The number of ether oxygens (including phenoxy) is 1. The number of thiazole rings is 1. The number of hydrogen-bond acceptors (Lipinski definition) is 8. The minimum absolute atomic E-state index is 0.159. The molecular weight excluding hydrogens is 477 g/mol. The zero-order chi connectivity index (χ0) is 24.7. The van der Waals surface area contributed by atoms with E-state index in [1.807, 2.05) is 0 Å². The second kappa shape index (κ2) is 9.32. The van der Waals surface area contributed by atoms with Crippen LogP contribution in [0.4, 0.5) is 9.52 Å². The summed E-state index contributed by atoms with van der Waals surface area (Å²) in [6, 6.07) is 4.71. The average Bonchev–Trinajstić information content (AvgIpc) is 3.48. The highest BCUT2D eigenvalue weighted by atomic mass is 32.1. The normalized spacial score (nSPS) is 14.7. The van der Waals surface area contributed by atoms with Gasteiger partial charge in [0.15, 0.2) is 16.3 Å². The quantitative estimate of drug-likeness (QED) is 0.380. The van der Waals surface area contributed by atoms with Gasteiger partial charge in [0.2, 0.25) is 5.91 Å². The highest BCUT2D eigenvalue weighted by Gasteiger charge is 2.24. The maximum Gasteiger partial charge on any atom is 0.332 e. The second-order valence-electron chi connectivity index (χ2n) is 8.33. The molecule has 13 heteroatoms. The zero-order valence-corrected chi connectivity index (χ0v) is 20.1. The van der Waals surface area contributed by atoms with Crippen molar-refractivity contribution in [2.45, 2.75) is 6.54 Å². The third-order valence-electron chi connectivity index (χ3n) is 6.16. The second-order valence-corrected chi connectivity index (χ2v) is 9.34. The Morgan fingerprint density at radius 1 is 1.20 bits per heavy atom. The molecule has 1 aliphatic heterocycles. The molecule has 1 saturated heterocycles. The topological polar surface area (TPSA) is 107 Å². The number of carbonyl (C=O) groups excluding carboxylic acids is 1. The molecule has 184 valence electrons. The number of carbonyl (C=O) groups is 1. The van der Waals surface area contributed by atoms with Gasteiger partial charge in [0, 0.05) is 40.3 Å². The van der Waals surface area contributed by atoms with Crippen molar-refractivity contribution >= 4 is 43.8 Å². The smallest absolute Gasteiger partial charge is 0.332 e. The van der Waals surface area contributed by atoms with E-state index in [9.17, 15) is 18.8 Å². The minimum Gasteiger partial charge on any atom is -0.379 e. The van der Waals surface area contributed by atoms with Gasteiger partial charge in [-0.15, -0.1) is 0 Å². The molecule has 35 heavy (non-hydrogen) atoms. The number of morpholine rings is 1. The maximum atomic E-state index is 14.3. The van der Waals surface area contributed by atoms with Crippen LogP contribution in [0, 0.1) is 5.82 Å². The summed E-state index contributed by atoms with van der Waals surface area (Å²) in [4.78, 5) is 50.9. The summed E-state index contributed by atoms with van der Waals surface area (Å²) in [7, 11) is 2.90. The molecular formula is C22H24FN7O4S. The largest absolute Gasteiger partial charge is 0.379 e. The number of benzene rings is 1. The molecule has 1 fully saturated rings. The summed E-state index contributed by atoms with van der Waals surface area (Å²) in [6.07, 6.45) is 1.38. The first-order chi connectivity index (χ1) is 16.8. The Morgan fingerprint density at radius 3 is 2.71 bits per heavy atom. The van der Waals surface area contributed by atoms with E-state index in [0.29, 0.717) is 36.1 Å². The van der Waals surface area contributed by atoms with E-state index in [1.165, 1.54) is 51.9 Å². The standard InChI is InChI=1S/C22H24FN7O4S/c1-26-19-18(20(32)27(2)22(26)33)29(13-24-19)12-16(31)30(7-6-28-8-10-34-11-9-28)21-25-17-14(23)4-3-5-15(17)35-21/h3-5,13H,6-12H2,1-2H3. The summed E-state index contributed by atoms with van der Waals surface area (Å²) < 4.78 is 24.0. The molecule has 0 aliphatic carbocycles. The third-order valence-corrected chi connectivity index (χ3v) is 7.20. The van der Waals surface area contributed by atoms with Gasteiger partial charge in [-0.1, -0.05) is 17.4 Å². The van der Waals surface area contributed by atoms with E-state index in [4.69, 9.17) is 4.74 Å². The van der Waals surface area contributed by atoms with Crippen molar-refractivity contribution in [3.05, 3.63) is 51.2 Å². The van der Waals surface area contributed by atoms with E-state index in [-0.39, 0.29) is 29.1 Å². The highest BCUT2D eigenvalue weighted by Crippen LogP contribution is 2.30. The van der Waals surface area contributed by atoms with Gasteiger partial charge < -0.3 is 9.30 Å². The summed E-state index contributed by atoms with van der Waals surface area (Å²) in [5.74, 6) is -0.775. The Labute approximate surface area is 202 Å². The van der Waals surface area contributed by atoms with Gasteiger partial charge in [0.25, 0.3) is 5.56 Å². The number of aromatic nitrogens is 5. The first kappa shape index (κ1) is 23.3. The van der Waals surface area contributed by atoms with Crippen LogP contribution >= 0.6 is 11.3 Å². The van der Waals surface area contributed by atoms with Crippen LogP contribution in [0.2, 0.25) is 0 Å². The van der Waals surface area contributed by atoms with Gasteiger partial charge >= 0.3 is 5.69 Å². The predicted molar refractivity (Wildman–Crippen MR) is 129 cm³/mol. The fourth-order valence-corrected chi connectivity index (χ4v) is 5.18. The first-order valence-corrected chi connectivity index (χ1v) is 11.9. The fraction of sp³-hybridized carbons (Fsp3) is 0.409. The number of nitrogens with zero attached hydrogens (tertiary/aromatic N) is 7. The van der Waals surface area contributed by atoms with Crippen LogP contribution in [0.3, 0.4) is 0 Å². The van der Waals surface area contributed by atoms with Crippen molar-refractivity contribution in [2.24, 2.45) is 14.1 Å². The van der Waals surface area contributed by atoms with Crippen LogP contribution in [-0.2, 0) is 30.2 Å². The summed E-state index contributed by atoms with van der Waals surface area (Å²) in [5, 5.41) is 0.382. The van der Waals surface area contributed by atoms with Crippen LogP contribution in [-0.4, -0.2) is 73.9 Å². The van der Waals surface area contributed by atoms with E-state index in [0.717, 1.165) is 17.7 Å². The molecule has 3 aromatic heterocycles. The van der Waals surface area contributed by atoms with E-state index < -0.39 is 17.1 Å². The number of aryl methyl sites for hydroxylation is 1. The molecule has 0 saturated carbocycles. The maximum absolute atomic E-state index is 14.3. The number of amides is 1. The van der Waals surface area contributed by atoms with Crippen LogP contribution < -0.4 is 16.1 Å². The molecule has 0 atom stereocenters. The Morgan fingerprint density at radius 2 is 1.97 bits per heavy atom. The van der Waals surface area contributed by atoms with Gasteiger partial charge in [-0.05, 0) is 12.1 Å². The first-order valence-electron chi connectivity index (χ1n) is 11.1. The lowest BCUT2D eigenvalue weighted by atomic mass is 10.3. The Kier molecular flexibility index (Phi) is 6.21. The van der Waals surface area contributed by atoms with Gasteiger partial charge in [-0.25, -0.2) is 19.2 Å². The van der Waals surface area contributed by atoms with E-state index in [2.05, 4.69) is 14.9 Å². The van der Waals surface area contributed by atoms with Crippen molar-refractivity contribution in [2.75, 3.05) is 44.3 Å². The molecule has 11 nitrogen and oxygen atoms in total. The van der Waals surface area contributed by atoms with Gasteiger partial charge in [-0.3, -0.25) is 28.5 Å². The number of anilines is 1. The predicted octanol–water partition coefficient (Wildman–Crippen LogP) is 0.548. The average molecular weight is 502 g/mol. The number of hydrogen-bond donors (Lipinski definition) is 0. The molecule has 0 unspecified atom stereocenters. The van der Waals surface area contributed by atoms with Crippen LogP contribution in [0.5, 0.6) is 0 Å². The Bertz CT molecular complexity index is 1530. The summed E-state index contributed by atoms with van der Waals surface area (Å²) in [6.45, 7) is 3.51. The number of fused-ring (bicyclic) bond motifs is 2. The van der Waals surface area contributed by atoms with Crippen molar-refractivity contribution in [1.82, 2.24) is 28.6 Å². The molecule has 0 radical (unpaired) electrons. The lowest BCUT2D eigenvalue weighted by Crippen LogP contribution is -2.44. The molecule has 0 spiro atoms. The molecule has 0 N–H and O–H groups in total. The molecule has 1 aliphatic rings. The molecule has 1 amide bonds. The molecule has 1 aromatic carbocycles. The molecule has 0 bridgehead atoms. The Hall–Kier alpha value is -3.42. The monoisotopic (exact) mass is 501 g/mol. The van der Waals surface area contributed by atoms with Crippen molar-refractivity contribution in [1.29, 1.82) is 0 Å². The molecule has 4 heterocycles. The highest BCUT2D eigenvalue weighted by molar-refractivity contribution is 7.22. The summed E-state index contributed by atoms with van der Waals surface area (Å²) >= 11 is 1.24. The number of rotatable bonds is 6. The van der Waals surface area contributed by atoms with Crippen molar-refractivity contribution < 1.29 is 13.9 Å². The molecule has 5 rings (SSSR count). The van der Waals surface area contributed by atoms with Crippen molar-refractivity contribution in [3.63, 3.8) is 0 Å². The Balaban J connectivity index is 1.49. The van der Waals surface area contributed by atoms with Crippen molar-refractivity contribution in [3.8, 4) is 0 Å². The summed E-state index contributed by atoms with van der Waals surface area (Å²) in [5.41, 5.74) is -0.453. The number of imidazole rings is 1. The van der Waals surface area contributed by atoms with Gasteiger partial charge in [0.05, 0.1) is 24.2 Å². The number of para-hydroxylation sites is 1. The van der Waals surface area contributed by atoms with Crippen LogP contribution in [0.1, 0.15) is 0 Å². The van der Waals surface area contributed by atoms with Gasteiger partial charge in [-0.2, -0.15) is 0 Å². The lowest BCUT2D eigenvalue weighted by Gasteiger charge is -2.29. The minimum atomic E-state index is -0.532. The fourth-order valence-electron chi connectivity index (χ4n) is 4.16.